The maximum Gasteiger partial charge on any atom is 0.123 e. The fraction of sp³-hybridized carbons (Fsp3) is 0.294. The van der Waals surface area contributed by atoms with Gasteiger partial charge in [0.1, 0.15) is 5.75 Å². The molecule has 20 heavy (non-hydrogen) atoms. The average Bonchev–Trinajstić information content (AvgIpc) is 2.47. The van der Waals surface area contributed by atoms with Crippen molar-refractivity contribution in [2.24, 2.45) is 5.73 Å². The number of methoxy groups -OCH3 is 1. The van der Waals surface area contributed by atoms with Crippen LogP contribution in [-0.2, 0) is 13.1 Å². The lowest BCUT2D eigenvalue weighted by molar-refractivity contribution is 0.409. The van der Waals surface area contributed by atoms with E-state index in [0.29, 0.717) is 6.54 Å². The highest BCUT2D eigenvalue weighted by atomic mass is 16.5. The van der Waals surface area contributed by atoms with E-state index in [1.807, 2.05) is 6.07 Å². The summed E-state index contributed by atoms with van der Waals surface area (Å²) in [5.41, 5.74) is 10.5. The lowest BCUT2D eigenvalue weighted by atomic mass is 10.1. The maximum atomic E-state index is 5.70. The molecule has 0 saturated heterocycles. The summed E-state index contributed by atoms with van der Waals surface area (Å²) >= 11 is 0. The number of anilines is 1. The Hall–Kier alpha value is -2.00. The Kier molecular flexibility index (Phi) is 4.64. The third-order valence-electron chi connectivity index (χ3n) is 3.52. The normalized spacial score (nSPS) is 10.4. The predicted octanol–water partition coefficient (Wildman–Crippen LogP) is 3.10. The van der Waals surface area contributed by atoms with Crippen LogP contribution in [0.2, 0.25) is 0 Å². The molecule has 0 aromatic heterocycles. The van der Waals surface area contributed by atoms with E-state index in [-0.39, 0.29) is 0 Å². The Labute approximate surface area is 121 Å². The van der Waals surface area contributed by atoms with Gasteiger partial charge in [0, 0.05) is 31.4 Å². The number of hydrogen-bond acceptors (Lipinski definition) is 3. The smallest absolute Gasteiger partial charge is 0.123 e. The molecule has 0 amide bonds. The van der Waals surface area contributed by atoms with Crippen LogP contribution < -0.4 is 15.4 Å². The van der Waals surface area contributed by atoms with Crippen molar-refractivity contribution < 1.29 is 4.74 Å². The summed E-state index contributed by atoms with van der Waals surface area (Å²) in [6.45, 7) is 3.47. The Morgan fingerprint density at radius 1 is 1.15 bits per heavy atom. The number of ether oxygens (including phenoxy) is 1. The van der Waals surface area contributed by atoms with Crippen molar-refractivity contribution in [3.05, 3.63) is 59.2 Å². The predicted molar refractivity (Wildman–Crippen MR) is 84.2 cm³/mol. The summed E-state index contributed by atoms with van der Waals surface area (Å²) in [5, 5.41) is 0. The van der Waals surface area contributed by atoms with Gasteiger partial charge in [-0.05, 0) is 30.2 Å². The van der Waals surface area contributed by atoms with Gasteiger partial charge in [-0.15, -0.1) is 0 Å². The SMILES string of the molecule is COc1cc(CN(C)c2ccccc2C)ccc1CN. The van der Waals surface area contributed by atoms with E-state index < -0.39 is 0 Å². The summed E-state index contributed by atoms with van der Waals surface area (Å²) in [6, 6.07) is 14.6. The van der Waals surface area contributed by atoms with Gasteiger partial charge in [-0.3, -0.25) is 0 Å². The molecule has 2 N–H and O–H groups in total. The molecule has 106 valence electrons. The fourth-order valence-corrected chi connectivity index (χ4v) is 2.41. The minimum atomic E-state index is 0.497. The van der Waals surface area contributed by atoms with Crippen molar-refractivity contribution in [2.75, 3.05) is 19.1 Å². The zero-order valence-electron chi connectivity index (χ0n) is 12.4. The van der Waals surface area contributed by atoms with Crippen LogP contribution in [0.1, 0.15) is 16.7 Å². The summed E-state index contributed by atoms with van der Waals surface area (Å²) < 4.78 is 5.39. The van der Waals surface area contributed by atoms with Crippen molar-refractivity contribution in [2.45, 2.75) is 20.0 Å². The lowest BCUT2D eigenvalue weighted by Crippen LogP contribution is -2.17. The van der Waals surface area contributed by atoms with Crippen molar-refractivity contribution >= 4 is 5.69 Å². The van der Waals surface area contributed by atoms with Gasteiger partial charge in [0.25, 0.3) is 0 Å². The molecule has 0 aliphatic heterocycles. The highest BCUT2D eigenvalue weighted by Gasteiger charge is 2.07. The molecule has 0 fully saturated rings. The Morgan fingerprint density at radius 2 is 1.90 bits per heavy atom. The Bertz CT molecular complexity index is 581. The van der Waals surface area contributed by atoms with Gasteiger partial charge in [-0.1, -0.05) is 30.3 Å². The topological polar surface area (TPSA) is 38.5 Å². The highest BCUT2D eigenvalue weighted by Crippen LogP contribution is 2.23. The maximum absolute atomic E-state index is 5.70. The molecule has 0 heterocycles. The van der Waals surface area contributed by atoms with Gasteiger partial charge >= 0.3 is 0 Å². The molecule has 0 bridgehead atoms. The number of nitrogens with two attached hydrogens (primary N) is 1. The van der Waals surface area contributed by atoms with Crippen LogP contribution in [0.3, 0.4) is 0 Å². The minimum Gasteiger partial charge on any atom is -0.496 e. The minimum absolute atomic E-state index is 0.497. The quantitative estimate of drug-likeness (QED) is 0.907. The molecule has 2 aromatic carbocycles. The van der Waals surface area contributed by atoms with Crippen molar-refractivity contribution in [3.8, 4) is 5.75 Å². The van der Waals surface area contributed by atoms with Crippen LogP contribution in [0.15, 0.2) is 42.5 Å². The second-order valence-electron chi connectivity index (χ2n) is 4.99. The van der Waals surface area contributed by atoms with E-state index >= 15 is 0 Å². The van der Waals surface area contributed by atoms with Crippen molar-refractivity contribution in [3.63, 3.8) is 0 Å². The van der Waals surface area contributed by atoms with Crippen LogP contribution in [-0.4, -0.2) is 14.2 Å². The second-order valence-corrected chi connectivity index (χ2v) is 4.99. The third kappa shape index (κ3) is 3.11. The fourth-order valence-electron chi connectivity index (χ4n) is 2.41. The summed E-state index contributed by atoms with van der Waals surface area (Å²) in [5.74, 6) is 0.864. The van der Waals surface area contributed by atoms with Gasteiger partial charge in [-0.2, -0.15) is 0 Å². The largest absolute Gasteiger partial charge is 0.496 e. The molecular formula is C17H22N2O. The lowest BCUT2D eigenvalue weighted by Gasteiger charge is -2.22. The van der Waals surface area contributed by atoms with E-state index in [0.717, 1.165) is 17.9 Å². The van der Waals surface area contributed by atoms with E-state index in [2.05, 4.69) is 55.3 Å². The molecule has 0 aliphatic carbocycles. The second kappa shape index (κ2) is 6.44. The monoisotopic (exact) mass is 270 g/mol. The van der Waals surface area contributed by atoms with Gasteiger partial charge < -0.3 is 15.4 Å². The molecule has 2 aromatic rings. The first-order chi connectivity index (χ1) is 9.65. The van der Waals surface area contributed by atoms with Crippen molar-refractivity contribution in [1.29, 1.82) is 0 Å². The number of rotatable bonds is 5. The molecule has 0 saturated carbocycles. The first kappa shape index (κ1) is 14.4. The molecule has 0 unspecified atom stereocenters. The number of hydrogen-bond donors (Lipinski definition) is 1. The highest BCUT2D eigenvalue weighted by molar-refractivity contribution is 5.53. The summed E-state index contributed by atoms with van der Waals surface area (Å²) in [7, 11) is 3.79. The standard InChI is InChI=1S/C17H22N2O/c1-13-6-4-5-7-16(13)19(2)12-14-8-9-15(11-18)17(10-14)20-3/h4-10H,11-12,18H2,1-3H3. The number of benzene rings is 2. The van der Waals surface area contributed by atoms with Gasteiger partial charge in [0.2, 0.25) is 0 Å². The number of para-hydroxylation sites is 1. The van der Waals surface area contributed by atoms with Crippen LogP contribution in [0, 0.1) is 6.92 Å². The van der Waals surface area contributed by atoms with Crippen LogP contribution in [0.5, 0.6) is 5.75 Å². The van der Waals surface area contributed by atoms with E-state index in [1.54, 1.807) is 7.11 Å². The Balaban J connectivity index is 2.20. The third-order valence-corrected chi connectivity index (χ3v) is 3.52. The molecule has 3 heteroatoms. The van der Waals surface area contributed by atoms with Crippen LogP contribution in [0.25, 0.3) is 0 Å². The average molecular weight is 270 g/mol. The summed E-state index contributed by atoms with van der Waals surface area (Å²) in [6.07, 6.45) is 0. The van der Waals surface area contributed by atoms with E-state index in [4.69, 9.17) is 10.5 Å². The van der Waals surface area contributed by atoms with Crippen LogP contribution in [0.4, 0.5) is 5.69 Å². The molecule has 3 nitrogen and oxygen atoms in total. The van der Waals surface area contributed by atoms with Crippen LogP contribution >= 0.6 is 0 Å². The summed E-state index contributed by atoms with van der Waals surface area (Å²) in [4.78, 5) is 2.24. The zero-order valence-corrected chi connectivity index (χ0v) is 12.4. The zero-order chi connectivity index (χ0) is 14.5. The van der Waals surface area contributed by atoms with Gasteiger partial charge in [0.15, 0.2) is 0 Å². The molecule has 0 atom stereocenters. The number of nitrogens with zero attached hydrogens (tertiary/aromatic N) is 1. The van der Waals surface area contributed by atoms with E-state index in [1.165, 1.54) is 16.8 Å². The molecule has 2 rings (SSSR count). The molecule has 0 radical (unpaired) electrons. The van der Waals surface area contributed by atoms with Gasteiger partial charge in [0.05, 0.1) is 7.11 Å². The molecular weight excluding hydrogens is 248 g/mol. The number of aryl methyl sites for hydroxylation is 1. The molecule has 0 aliphatic rings. The van der Waals surface area contributed by atoms with Crippen molar-refractivity contribution in [1.82, 2.24) is 0 Å². The molecule has 0 spiro atoms. The van der Waals surface area contributed by atoms with Gasteiger partial charge in [-0.25, -0.2) is 0 Å². The first-order valence-corrected chi connectivity index (χ1v) is 6.78. The van der Waals surface area contributed by atoms with E-state index in [9.17, 15) is 0 Å². The Morgan fingerprint density at radius 3 is 2.55 bits per heavy atom. The first-order valence-electron chi connectivity index (χ1n) is 6.78.